The molecule has 6 heteroatoms. The molecule has 0 radical (unpaired) electrons. The average Bonchev–Trinajstić information content (AvgIpc) is 2.54. The highest BCUT2D eigenvalue weighted by atomic mass is 32.1. The lowest BCUT2D eigenvalue weighted by atomic mass is 10.1. The monoisotopic (exact) mass is 278 g/mol. The van der Waals surface area contributed by atoms with Gasteiger partial charge in [-0.1, -0.05) is 25.7 Å². The molecule has 1 aromatic heterocycles. The molecule has 1 aliphatic rings. The maximum Gasteiger partial charge on any atom is 0.253 e. The molecule has 1 aliphatic carbocycles. The van der Waals surface area contributed by atoms with Crippen molar-refractivity contribution >= 4 is 27.9 Å². The van der Waals surface area contributed by atoms with E-state index in [1.54, 1.807) is 0 Å². The van der Waals surface area contributed by atoms with Gasteiger partial charge in [-0.05, 0) is 12.8 Å². The van der Waals surface area contributed by atoms with Gasteiger partial charge < -0.3 is 16.8 Å². The Bertz CT molecular complexity index is 509. The largest absolute Gasteiger partial charge is 0.396 e. The van der Waals surface area contributed by atoms with Gasteiger partial charge in [0.2, 0.25) is 0 Å². The molecule has 102 valence electrons. The van der Waals surface area contributed by atoms with Crippen LogP contribution in [0.3, 0.4) is 0 Å². The maximum atomic E-state index is 11.5. The maximum absolute atomic E-state index is 11.5. The molecule has 0 unspecified atom stereocenters. The number of amides is 1. The highest BCUT2D eigenvalue weighted by molar-refractivity contribution is 7.17. The zero-order chi connectivity index (χ0) is 13.8. The summed E-state index contributed by atoms with van der Waals surface area (Å²) in [4.78, 5) is 11.8. The summed E-state index contributed by atoms with van der Waals surface area (Å²) in [6, 6.07) is 2.34. The smallest absolute Gasteiger partial charge is 0.253 e. The number of thiophene rings is 1. The van der Waals surface area contributed by atoms with Gasteiger partial charge in [0.25, 0.3) is 5.91 Å². The molecule has 0 aromatic carbocycles. The Morgan fingerprint density at radius 3 is 2.47 bits per heavy atom. The predicted molar refractivity (Wildman–Crippen MR) is 77.1 cm³/mol. The fourth-order valence-electron chi connectivity index (χ4n) is 2.48. The normalized spacial score (nSPS) is 16.6. The van der Waals surface area contributed by atoms with Gasteiger partial charge in [0.15, 0.2) is 0 Å². The number of carbonyl (C=O) groups excluding carboxylic acids is 1. The molecule has 1 heterocycles. The molecule has 0 saturated heterocycles. The van der Waals surface area contributed by atoms with Crippen LogP contribution in [0.2, 0.25) is 0 Å². The molecule has 0 spiro atoms. The van der Waals surface area contributed by atoms with Crippen LogP contribution in [0.4, 0.5) is 10.7 Å². The molecular formula is C13H18N4OS. The SMILES string of the molecule is N#Cc1sc(NC2CCCCCC2)c(C(N)=O)c1N. The van der Waals surface area contributed by atoms with Crippen molar-refractivity contribution in [1.82, 2.24) is 0 Å². The van der Waals surface area contributed by atoms with Crippen LogP contribution in [0.15, 0.2) is 0 Å². The third kappa shape index (κ3) is 2.99. The number of primary amides is 1. The van der Waals surface area contributed by atoms with Crippen LogP contribution in [0.5, 0.6) is 0 Å². The lowest BCUT2D eigenvalue weighted by Crippen LogP contribution is -2.21. The molecule has 5 nitrogen and oxygen atoms in total. The highest BCUT2D eigenvalue weighted by Gasteiger charge is 2.22. The summed E-state index contributed by atoms with van der Waals surface area (Å²) in [5.74, 6) is -0.577. The van der Waals surface area contributed by atoms with Gasteiger partial charge in [-0.25, -0.2) is 0 Å². The van der Waals surface area contributed by atoms with Crippen molar-refractivity contribution in [2.24, 2.45) is 5.73 Å². The van der Waals surface area contributed by atoms with E-state index in [2.05, 4.69) is 5.32 Å². The Hall–Kier alpha value is -1.74. The van der Waals surface area contributed by atoms with Gasteiger partial charge in [-0.2, -0.15) is 5.26 Å². The van der Waals surface area contributed by atoms with E-state index in [1.165, 1.54) is 37.0 Å². The zero-order valence-corrected chi connectivity index (χ0v) is 11.6. The minimum absolute atomic E-state index is 0.205. The second kappa shape index (κ2) is 5.93. The quantitative estimate of drug-likeness (QED) is 0.738. The Kier molecular flexibility index (Phi) is 4.27. The van der Waals surface area contributed by atoms with Crippen molar-refractivity contribution in [3.63, 3.8) is 0 Å². The first-order valence-corrected chi connectivity index (χ1v) is 7.33. The van der Waals surface area contributed by atoms with Gasteiger partial charge in [-0.15, -0.1) is 11.3 Å². The van der Waals surface area contributed by atoms with Crippen molar-refractivity contribution in [3.05, 3.63) is 10.4 Å². The number of rotatable bonds is 3. The average molecular weight is 278 g/mol. The first kappa shape index (κ1) is 13.7. The number of anilines is 2. The number of nitrogens with two attached hydrogens (primary N) is 2. The van der Waals surface area contributed by atoms with Crippen LogP contribution in [0, 0.1) is 11.3 Å². The summed E-state index contributed by atoms with van der Waals surface area (Å²) < 4.78 is 0. The van der Waals surface area contributed by atoms with E-state index in [-0.39, 0.29) is 11.3 Å². The minimum Gasteiger partial charge on any atom is -0.396 e. The van der Waals surface area contributed by atoms with E-state index >= 15 is 0 Å². The second-order valence-electron chi connectivity index (χ2n) is 4.86. The van der Waals surface area contributed by atoms with Gasteiger partial charge in [0, 0.05) is 6.04 Å². The first-order valence-electron chi connectivity index (χ1n) is 6.52. The molecule has 1 amide bonds. The van der Waals surface area contributed by atoms with Crippen molar-refractivity contribution in [3.8, 4) is 6.07 Å². The predicted octanol–water partition coefficient (Wildman–Crippen LogP) is 2.44. The summed E-state index contributed by atoms with van der Waals surface area (Å²) >= 11 is 1.22. The fourth-order valence-corrected chi connectivity index (χ4v) is 3.48. The van der Waals surface area contributed by atoms with E-state index < -0.39 is 5.91 Å². The van der Waals surface area contributed by atoms with Crippen molar-refractivity contribution in [1.29, 1.82) is 5.26 Å². The number of hydrogen-bond acceptors (Lipinski definition) is 5. The molecule has 5 N–H and O–H groups in total. The van der Waals surface area contributed by atoms with E-state index in [0.29, 0.717) is 15.9 Å². The lowest BCUT2D eigenvalue weighted by molar-refractivity contribution is 0.100. The molecule has 1 aromatic rings. The van der Waals surface area contributed by atoms with E-state index in [0.717, 1.165) is 12.8 Å². The summed E-state index contributed by atoms with van der Waals surface area (Å²) in [6.45, 7) is 0. The zero-order valence-electron chi connectivity index (χ0n) is 10.7. The summed E-state index contributed by atoms with van der Waals surface area (Å²) in [6.07, 6.45) is 7.06. The fraction of sp³-hybridized carbons (Fsp3) is 0.538. The molecule has 0 bridgehead atoms. The van der Waals surface area contributed by atoms with Crippen molar-refractivity contribution < 1.29 is 4.79 Å². The summed E-state index contributed by atoms with van der Waals surface area (Å²) in [7, 11) is 0. The molecule has 2 rings (SSSR count). The van der Waals surface area contributed by atoms with Crippen LogP contribution in [-0.2, 0) is 0 Å². The lowest BCUT2D eigenvalue weighted by Gasteiger charge is -2.17. The second-order valence-corrected chi connectivity index (χ2v) is 5.88. The first-order chi connectivity index (χ1) is 9.13. The highest BCUT2D eigenvalue weighted by Crippen LogP contribution is 2.36. The van der Waals surface area contributed by atoms with Gasteiger partial charge >= 0.3 is 0 Å². The van der Waals surface area contributed by atoms with E-state index in [4.69, 9.17) is 16.7 Å². The van der Waals surface area contributed by atoms with Gasteiger partial charge in [0.05, 0.1) is 11.3 Å². The van der Waals surface area contributed by atoms with Crippen LogP contribution in [-0.4, -0.2) is 11.9 Å². The van der Waals surface area contributed by atoms with Crippen molar-refractivity contribution in [2.45, 2.75) is 44.6 Å². The van der Waals surface area contributed by atoms with Gasteiger partial charge in [0.1, 0.15) is 15.9 Å². The van der Waals surface area contributed by atoms with Crippen LogP contribution < -0.4 is 16.8 Å². The van der Waals surface area contributed by atoms with Crippen LogP contribution in [0.25, 0.3) is 0 Å². The van der Waals surface area contributed by atoms with E-state index in [1.807, 2.05) is 6.07 Å². The van der Waals surface area contributed by atoms with E-state index in [9.17, 15) is 4.79 Å². The Morgan fingerprint density at radius 1 is 1.32 bits per heavy atom. The Balaban J connectivity index is 2.23. The van der Waals surface area contributed by atoms with Crippen molar-refractivity contribution in [2.75, 3.05) is 11.1 Å². The minimum atomic E-state index is -0.577. The molecule has 1 fully saturated rings. The molecule has 19 heavy (non-hydrogen) atoms. The standard InChI is InChI=1S/C13H18N4OS/c14-7-9-11(15)10(12(16)18)13(19-9)17-8-5-3-1-2-4-6-8/h8,17H,1-6,15H2,(H2,16,18). The number of nitrogens with zero attached hydrogens (tertiary/aromatic N) is 1. The third-order valence-corrected chi connectivity index (χ3v) is 4.52. The summed E-state index contributed by atoms with van der Waals surface area (Å²) in [5.41, 5.74) is 11.6. The number of nitrogens with one attached hydrogen (secondary N) is 1. The summed E-state index contributed by atoms with van der Waals surface area (Å²) in [5, 5.41) is 13.0. The molecule has 0 atom stereocenters. The number of nitriles is 1. The Labute approximate surface area is 116 Å². The Morgan fingerprint density at radius 2 is 1.95 bits per heavy atom. The number of hydrogen-bond donors (Lipinski definition) is 3. The third-order valence-electron chi connectivity index (χ3n) is 3.48. The molecule has 0 aliphatic heterocycles. The molecular weight excluding hydrogens is 260 g/mol. The van der Waals surface area contributed by atoms with Crippen LogP contribution in [0.1, 0.15) is 53.8 Å². The number of nitrogen functional groups attached to an aromatic ring is 1. The van der Waals surface area contributed by atoms with Crippen LogP contribution >= 0.6 is 11.3 Å². The topological polar surface area (TPSA) is 105 Å². The molecule has 1 saturated carbocycles. The number of carbonyl (C=O) groups is 1. The van der Waals surface area contributed by atoms with Gasteiger partial charge in [-0.3, -0.25) is 4.79 Å².